The lowest BCUT2D eigenvalue weighted by atomic mass is 10.4. The second-order valence-electron chi connectivity index (χ2n) is 3.49. The normalized spacial score (nSPS) is 10.8. The molecule has 0 amide bonds. The standard InChI is InChI=1S/C11H26N2O2/c1-12-6-3-8-14-10-5-11-15-9-4-7-13-2/h12-13H,3-11H2,1-2H3. The van der Waals surface area contributed by atoms with E-state index in [2.05, 4.69) is 10.6 Å². The Balaban J connectivity index is 2.81. The summed E-state index contributed by atoms with van der Waals surface area (Å²) < 4.78 is 10.9. The SMILES string of the molecule is CNCCCOCCCOCCCNC. The highest BCUT2D eigenvalue weighted by Crippen LogP contribution is 1.88. The summed E-state index contributed by atoms with van der Waals surface area (Å²) in [7, 11) is 3.91. The molecule has 0 aliphatic carbocycles. The Kier molecular flexibility index (Phi) is 13.7. The van der Waals surface area contributed by atoms with E-state index >= 15 is 0 Å². The molecular formula is C11H26N2O2. The average molecular weight is 218 g/mol. The van der Waals surface area contributed by atoms with Gasteiger partial charge in [0.05, 0.1) is 0 Å². The topological polar surface area (TPSA) is 42.5 Å². The van der Waals surface area contributed by atoms with Crippen molar-refractivity contribution in [3.05, 3.63) is 0 Å². The highest BCUT2D eigenvalue weighted by atomic mass is 16.5. The molecule has 0 radical (unpaired) electrons. The summed E-state index contributed by atoms with van der Waals surface area (Å²) in [5.74, 6) is 0. The van der Waals surface area contributed by atoms with Crippen molar-refractivity contribution >= 4 is 0 Å². The predicted molar refractivity (Wildman–Crippen MR) is 63.3 cm³/mol. The van der Waals surface area contributed by atoms with Crippen LogP contribution in [0, 0.1) is 0 Å². The first-order valence-electron chi connectivity index (χ1n) is 5.86. The fraction of sp³-hybridized carbons (Fsp3) is 1.00. The van der Waals surface area contributed by atoms with E-state index in [1.54, 1.807) is 0 Å². The maximum atomic E-state index is 5.43. The number of nitrogens with one attached hydrogen (secondary N) is 2. The van der Waals surface area contributed by atoms with E-state index in [-0.39, 0.29) is 0 Å². The summed E-state index contributed by atoms with van der Waals surface area (Å²) in [6.45, 7) is 5.38. The minimum absolute atomic E-state index is 0.815. The molecule has 92 valence electrons. The van der Waals surface area contributed by atoms with Crippen LogP contribution in [0.5, 0.6) is 0 Å². The Bertz CT molecular complexity index is 101. The van der Waals surface area contributed by atoms with Gasteiger partial charge in [-0.25, -0.2) is 0 Å². The van der Waals surface area contributed by atoms with Gasteiger partial charge in [0.25, 0.3) is 0 Å². The second-order valence-corrected chi connectivity index (χ2v) is 3.49. The van der Waals surface area contributed by atoms with Gasteiger partial charge in [0.1, 0.15) is 0 Å². The molecule has 0 fully saturated rings. The minimum Gasteiger partial charge on any atom is -0.381 e. The average Bonchev–Trinajstić information content (AvgIpc) is 2.26. The van der Waals surface area contributed by atoms with Crippen molar-refractivity contribution in [3.63, 3.8) is 0 Å². The van der Waals surface area contributed by atoms with E-state index in [1.165, 1.54) is 0 Å². The van der Waals surface area contributed by atoms with Crippen LogP contribution in [0.25, 0.3) is 0 Å². The van der Waals surface area contributed by atoms with Crippen LogP contribution in [0.15, 0.2) is 0 Å². The lowest BCUT2D eigenvalue weighted by Crippen LogP contribution is -2.12. The Hall–Kier alpha value is -0.160. The predicted octanol–water partition coefficient (Wildman–Crippen LogP) is 0.629. The maximum Gasteiger partial charge on any atom is 0.0487 e. The highest BCUT2D eigenvalue weighted by Gasteiger charge is 1.91. The molecule has 15 heavy (non-hydrogen) atoms. The van der Waals surface area contributed by atoms with Gasteiger partial charge in [-0.3, -0.25) is 0 Å². The molecule has 0 aromatic rings. The molecule has 0 unspecified atom stereocenters. The number of ether oxygens (including phenoxy) is 2. The van der Waals surface area contributed by atoms with Gasteiger partial charge in [-0.05, 0) is 46.4 Å². The molecule has 0 saturated carbocycles. The zero-order valence-corrected chi connectivity index (χ0v) is 10.2. The Morgan fingerprint density at radius 1 is 0.667 bits per heavy atom. The van der Waals surface area contributed by atoms with Gasteiger partial charge in [0.15, 0.2) is 0 Å². The van der Waals surface area contributed by atoms with Gasteiger partial charge in [-0.1, -0.05) is 0 Å². The van der Waals surface area contributed by atoms with E-state index in [1.807, 2.05) is 14.1 Å². The van der Waals surface area contributed by atoms with E-state index < -0.39 is 0 Å². The van der Waals surface area contributed by atoms with Crippen LogP contribution >= 0.6 is 0 Å². The quantitative estimate of drug-likeness (QED) is 0.472. The minimum atomic E-state index is 0.815. The zero-order valence-electron chi connectivity index (χ0n) is 10.2. The molecule has 0 aromatic carbocycles. The van der Waals surface area contributed by atoms with Crippen molar-refractivity contribution in [2.45, 2.75) is 19.3 Å². The zero-order chi connectivity index (χ0) is 11.2. The molecule has 0 aliphatic heterocycles. The van der Waals surface area contributed by atoms with Crippen LogP contribution in [0.1, 0.15) is 19.3 Å². The van der Waals surface area contributed by atoms with Gasteiger partial charge in [-0.15, -0.1) is 0 Å². The molecule has 4 nitrogen and oxygen atoms in total. The van der Waals surface area contributed by atoms with Crippen LogP contribution in [-0.2, 0) is 9.47 Å². The number of hydrogen-bond acceptors (Lipinski definition) is 4. The summed E-state index contributed by atoms with van der Waals surface area (Å²) in [5.41, 5.74) is 0. The Morgan fingerprint density at radius 2 is 1.07 bits per heavy atom. The Morgan fingerprint density at radius 3 is 1.47 bits per heavy atom. The Labute approximate surface area is 93.7 Å². The largest absolute Gasteiger partial charge is 0.381 e. The first kappa shape index (κ1) is 14.8. The van der Waals surface area contributed by atoms with Crippen LogP contribution in [0.2, 0.25) is 0 Å². The van der Waals surface area contributed by atoms with Gasteiger partial charge in [0, 0.05) is 26.4 Å². The third kappa shape index (κ3) is 13.8. The molecular weight excluding hydrogens is 192 g/mol. The second kappa shape index (κ2) is 13.8. The summed E-state index contributed by atoms with van der Waals surface area (Å²) in [4.78, 5) is 0. The lowest BCUT2D eigenvalue weighted by Gasteiger charge is -2.05. The first-order valence-corrected chi connectivity index (χ1v) is 5.86. The van der Waals surface area contributed by atoms with Crippen molar-refractivity contribution in [1.82, 2.24) is 10.6 Å². The van der Waals surface area contributed by atoms with Gasteiger partial charge in [-0.2, -0.15) is 0 Å². The van der Waals surface area contributed by atoms with Gasteiger partial charge >= 0.3 is 0 Å². The van der Waals surface area contributed by atoms with Crippen LogP contribution in [0.3, 0.4) is 0 Å². The van der Waals surface area contributed by atoms with Crippen molar-refractivity contribution in [3.8, 4) is 0 Å². The fourth-order valence-electron chi connectivity index (χ4n) is 1.17. The number of rotatable bonds is 12. The molecule has 0 atom stereocenters. The van der Waals surface area contributed by atoms with Gasteiger partial charge in [0.2, 0.25) is 0 Å². The van der Waals surface area contributed by atoms with E-state index in [4.69, 9.17) is 9.47 Å². The molecule has 0 rings (SSSR count). The molecule has 0 saturated heterocycles. The van der Waals surface area contributed by atoms with Crippen LogP contribution in [-0.4, -0.2) is 53.6 Å². The van der Waals surface area contributed by atoms with E-state index in [0.29, 0.717) is 0 Å². The van der Waals surface area contributed by atoms with Gasteiger partial charge < -0.3 is 20.1 Å². The van der Waals surface area contributed by atoms with Crippen LogP contribution in [0.4, 0.5) is 0 Å². The molecule has 0 spiro atoms. The van der Waals surface area contributed by atoms with E-state index in [9.17, 15) is 0 Å². The van der Waals surface area contributed by atoms with E-state index in [0.717, 1.165) is 58.8 Å². The number of hydrogen-bond donors (Lipinski definition) is 2. The van der Waals surface area contributed by atoms with Crippen molar-refractivity contribution in [2.24, 2.45) is 0 Å². The summed E-state index contributed by atoms with van der Waals surface area (Å²) in [6, 6.07) is 0. The molecule has 0 aliphatic rings. The summed E-state index contributed by atoms with van der Waals surface area (Å²) in [6.07, 6.45) is 3.16. The summed E-state index contributed by atoms with van der Waals surface area (Å²) >= 11 is 0. The highest BCUT2D eigenvalue weighted by molar-refractivity contribution is 4.42. The van der Waals surface area contributed by atoms with Crippen molar-refractivity contribution in [2.75, 3.05) is 53.6 Å². The molecule has 0 bridgehead atoms. The van der Waals surface area contributed by atoms with Crippen LogP contribution < -0.4 is 10.6 Å². The molecule has 0 aromatic heterocycles. The molecule has 2 N–H and O–H groups in total. The third-order valence-electron chi connectivity index (χ3n) is 2.01. The molecule has 4 heteroatoms. The van der Waals surface area contributed by atoms with Crippen molar-refractivity contribution in [1.29, 1.82) is 0 Å². The third-order valence-corrected chi connectivity index (χ3v) is 2.01. The first-order chi connectivity index (χ1) is 7.41. The molecule has 0 heterocycles. The van der Waals surface area contributed by atoms with Crippen molar-refractivity contribution < 1.29 is 9.47 Å². The lowest BCUT2D eigenvalue weighted by molar-refractivity contribution is 0.0811. The monoisotopic (exact) mass is 218 g/mol. The smallest absolute Gasteiger partial charge is 0.0487 e. The fourth-order valence-corrected chi connectivity index (χ4v) is 1.17. The summed E-state index contributed by atoms with van der Waals surface area (Å²) in [5, 5.41) is 6.18. The maximum absolute atomic E-state index is 5.43.